The van der Waals surface area contributed by atoms with Crippen LogP contribution in [0.1, 0.15) is 103 Å². The summed E-state index contributed by atoms with van der Waals surface area (Å²) < 4.78 is 6.10. The molecule has 1 atom stereocenters. The highest BCUT2D eigenvalue weighted by Gasteiger charge is 2.17. The average molecular weight is 351 g/mol. The summed E-state index contributed by atoms with van der Waals surface area (Å²) in [6, 6.07) is 5.17. The van der Waals surface area contributed by atoms with E-state index in [9.17, 15) is 10.2 Å². The molecule has 0 spiro atoms. The summed E-state index contributed by atoms with van der Waals surface area (Å²) in [6.45, 7) is 5.17. The first-order chi connectivity index (χ1) is 12.2. The van der Waals surface area contributed by atoms with Crippen molar-refractivity contribution in [3.8, 4) is 11.5 Å². The summed E-state index contributed by atoms with van der Waals surface area (Å²) in [6.07, 6.45) is 14.3. The van der Waals surface area contributed by atoms with E-state index >= 15 is 0 Å². The molecule has 1 aromatic rings. The van der Waals surface area contributed by atoms with Crippen molar-refractivity contribution in [1.82, 2.24) is 0 Å². The van der Waals surface area contributed by atoms with Crippen LogP contribution in [0.3, 0.4) is 0 Å². The van der Waals surface area contributed by atoms with Crippen molar-refractivity contribution >= 4 is 0 Å². The molecule has 2 N–H and O–H groups in total. The fraction of sp³-hybridized carbons (Fsp3) is 0.727. The number of ether oxygens (including phenoxy) is 1. The Morgan fingerprint density at radius 3 is 2.08 bits per heavy atom. The number of benzene rings is 1. The van der Waals surface area contributed by atoms with E-state index in [1.807, 2.05) is 6.07 Å². The lowest BCUT2D eigenvalue weighted by Gasteiger charge is -2.20. The molecule has 0 fully saturated rings. The molecule has 1 aromatic carbocycles. The van der Waals surface area contributed by atoms with E-state index in [1.54, 1.807) is 6.07 Å². The van der Waals surface area contributed by atoms with Gasteiger partial charge in [-0.05, 0) is 18.9 Å². The van der Waals surface area contributed by atoms with Gasteiger partial charge in [-0.15, -0.1) is 0 Å². The van der Waals surface area contributed by atoms with E-state index in [-0.39, 0.29) is 17.6 Å². The van der Waals surface area contributed by atoms with Crippen molar-refractivity contribution in [1.29, 1.82) is 0 Å². The predicted octanol–water partition coefficient (Wildman–Crippen LogP) is 6.88. The summed E-state index contributed by atoms with van der Waals surface area (Å²) in [7, 11) is 0. The number of phenols is 2. The maximum atomic E-state index is 10.2. The van der Waals surface area contributed by atoms with Gasteiger partial charge in [-0.3, -0.25) is 0 Å². The Morgan fingerprint density at radius 1 is 0.800 bits per heavy atom. The van der Waals surface area contributed by atoms with E-state index in [1.165, 1.54) is 63.9 Å². The molecule has 0 radical (unpaired) electrons. The zero-order valence-electron chi connectivity index (χ0n) is 16.3. The topological polar surface area (TPSA) is 49.7 Å². The molecule has 0 aliphatic carbocycles. The van der Waals surface area contributed by atoms with Gasteiger partial charge in [0.05, 0.1) is 6.10 Å². The third kappa shape index (κ3) is 9.15. The summed E-state index contributed by atoms with van der Waals surface area (Å²) in [4.78, 5) is 0. The first-order valence-corrected chi connectivity index (χ1v) is 10.3. The first kappa shape index (κ1) is 21.8. The van der Waals surface area contributed by atoms with E-state index < -0.39 is 0 Å². The minimum atomic E-state index is -0.121. The van der Waals surface area contributed by atoms with Gasteiger partial charge in [0, 0.05) is 12.2 Å². The van der Waals surface area contributed by atoms with Crippen LogP contribution >= 0.6 is 0 Å². The summed E-state index contributed by atoms with van der Waals surface area (Å²) >= 11 is 0. The minimum absolute atomic E-state index is 0.0236. The van der Waals surface area contributed by atoms with Crippen molar-refractivity contribution in [2.24, 2.45) is 0 Å². The normalized spacial score (nSPS) is 12.4. The molecule has 0 aliphatic rings. The van der Waals surface area contributed by atoms with Gasteiger partial charge in [-0.1, -0.05) is 90.2 Å². The predicted molar refractivity (Wildman–Crippen MR) is 105 cm³/mol. The van der Waals surface area contributed by atoms with E-state index in [2.05, 4.69) is 13.8 Å². The highest BCUT2D eigenvalue weighted by Crippen LogP contribution is 2.36. The third-order valence-electron chi connectivity index (χ3n) is 4.78. The van der Waals surface area contributed by atoms with Crippen LogP contribution in [0.2, 0.25) is 0 Å². The third-order valence-corrected chi connectivity index (χ3v) is 4.78. The average Bonchev–Trinajstić information content (AvgIpc) is 2.61. The lowest BCUT2D eigenvalue weighted by atomic mass is 10.0. The van der Waals surface area contributed by atoms with Gasteiger partial charge in [-0.25, -0.2) is 0 Å². The van der Waals surface area contributed by atoms with Crippen LogP contribution in [-0.4, -0.2) is 16.8 Å². The quantitative estimate of drug-likeness (QED) is 0.268. The number of unbranched alkanes of at least 4 members (excludes halogenated alkanes) is 9. The van der Waals surface area contributed by atoms with Gasteiger partial charge < -0.3 is 14.9 Å². The highest BCUT2D eigenvalue weighted by molar-refractivity contribution is 5.45. The molecule has 1 unspecified atom stereocenters. The molecule has 1 rings (SSSR count). The summed E-state index contributed by atoms with van der Waals surface area (Å²) in [5, 5.41) is 20.0. The Balaban J connectivity index is 2.47. The van der Waals surface area contributed by atoms with Crippen LogP contribution in [-0.2, 0) is 4.74 Å². The van der Waals surface area contributed by atoms with Crippen molar-refractivity contribution in [2.45, 2.75) is 97.0 Å². The number of aromatic hydroxyl groups is 2. The summed E-state index contributed by atoms with van der Waals surface area (Å²) in [5.74, 6) is -0.0820. The zero-order valence-corrected chi connectivity index (χ0v) is 16.3. The highest BCUT2D eigenvalue weighted by atomic mass is 16.5. The largest absolute Gasteiger partial charge is 0.504 e. The Bertz CT molecular complexity index is 429. The second-order valence-electron chi connectivity index (χ2n) is 7.05. The summed E-state index contributed by atoms with van der Waals surface area (Å²) in [5.41, 5.74) is 0.724. The number of phenolic OH excluding ortho intramolecular Hbond substituents is 2. The van der Waals surface area contributed by atoms with Crippen LogP contribution in [0.15, 0.2) is 18.2 Å². The van der Waals surface area contributed by atoms with Gasteiger partial charge >= 0.3 is 0 Å². The molecule has 0 saturated heterocycles. The van der Waals surface area contributed by atoms with Crippen molar-refractivity contribution in [3.63, 3.8) is 0 Å². The fourth-order valence-corrected chi connectivity index (χ4v) is 3.18. The molecule has 25 heavy (non-hydrogen) atoms. The van der Waals surface area contributed by atoms with Gasteiger partial charge in [0.25, 0.3) is 0 Å². The van der Waals surface area contributed by atoms with Crippen LogP contribution < -0.4 is 0 Å². The minimum Gasteiger partial charge on any atom is -0.504 e. The van der Waals surface area contributed by atoms with E-state index in [0.717, 1.165) is 31.4 Å². The van der Waals surface area contributed by atoms with Gasteiger partial charge in [0.1, 0.15) is 0 Å². The van der Waals surface area contributed by atoms with Crippen LogP contribution in [0.4, 0.5) is 0 Å². The Morgan fingerprint density at radius 2 is 1.40 bits per heavy atom. The van der Waals surface area contributed by atoms with Crippen LogP contribution in [0.25, 0.3) is 0 Å². The van der Waals surface area contributed by atoms with E-state index in [0.29, 0.717) is 0 Å². The molecule has 0 amide bonds. The van der Waals surface area contributed by atoms with Gasteiger partial charge in [0.15, 0.2) is 11.5 Å². The smallest absolute Gasteiger partial charge is 0.163 e. The first-order valence-electron chi connectivity index (χ1n) is 10.3. The maximum Gasteiger partial charge on any atom is 0.163 e. The second-order valence-corrected chi connectivity index (χ2v) is 7.05. The number of rotatable bonds is 15. The fourth-order valence-electron chi connectivity index (χ4n) is 3.18. The molecule has 0 aromatic heterocycles. The SMILES string of the molecule is CCCCCCCCC(OCCCCCCC)c1cccc(O)c1O. The van der Waals surface area contributed by atoms with Crippen LogP contribution in [0, 0.1) is 0 Å². The van der Waals surface area contributed by atoms with E-state index in [4.69, 9.17) is 4.74 Å². The maximum absolute atomic E-state index is 10.2. The molecule has 0 saturated carbocycles. The molecule has 3 heteroatoms. The van der Waals surface area contributed by atoms with Crippen molar-refractivity contribution < 1.29 is 14.9 Å². The molecular formula is C22H38O3. The van der Waals surface area contributed by atoms with Gasteiger partial charge in [-0.2, -0.15) is 0 Å². The van der Waals surface area contributed by atoms with Gasteiger partial charge in [0.2, 0.25) is 0 Å². The number of para-hydroxylation sites is 1. The monoisotopic (exact) mass is 350 g/mol. The van der Waals surface area contributed by atoms with Crippen molar-refractivity contribution in [3.05, 3.63) is 23.8 Å². The molecule has 0 aliphatic heterocycles. The standard InChI is InChI=1S/C22H38O3/c1-3-5-7-9-10-12-17-21(25-18-13-11-8-6-4-2)19-15-14-16-20(23)22(19)24/h14-16,21,23-24H,3-13,17-18H2,1-2H3. The second kappa shape index (κ2) is 14.0. The Kier molecular flexibility index (Phi) is 12.2. The zero-order chi connectivity index (χ0) is 18.3. The molecule has 3 nitrogen and oxygen atoms in total. The van der Waals surface area contributed by atoms with Crippen molar-refractivity contribution in [2.75, 3.05) is 6.61 Å². The molecule has 144 valence electrons. The lowest BCUT2D eigenvalue weighted by molar-refractivity contribution is 0.0404. The number of hydrogen-bond acceptors (Lipinski definition) is 3. The molecule has 0 bridgehead atoms. The Hall–Kier alpha value is -1.22. The van der Waals surface area contributed by atoms with Crippen LogP contribution in [0.5, 0.6) is 11.5 Å². The lowest BCUT2D eigenvalue weighted by Crippen LogP contribution is -2.06. The molecular weight excluding hydrogens is 312 g/mol. The number of hydrogen-bond donors (Lipinski definition) is 2. The Labute approximate surface area is 154 Å². The molecule has 0 heterocycles.